The Bertz CT molecular complexity index is 1960. The normalized spacial score (nSPS) is 15.4. The Hall–Kier alpha value is -5.06. The Kier molecular flexibility index (Phi) is 6.72. The van der Waals surface area contributed by atoms with Crippen molar-refractivity contribution in [2.45, 2.75) is 24.3 Å². The van der Waals surface area contributed by atoms with E-state index in [4.69, 9.17) is 10.1 Å². The molecule has 1 fully saturated rings. The molecule has 0 bridgehead atoms. The van der Waals surface area contributed by atoms with Crippen LogP contribution in [0.4, 0.5) is 11.5 Å². The first-order chi connectivity index (χ1) is 20.2. The van der Waals surface area contributed by atoms with E-state index in [0.29, 0.717) is 42.5 Å². The van der Waals surface area contributed by atoms with E-state index in [9.17, 15) is 23.8 Å². The van der Waals surface area contributed by atoms with E-state index < -0.39 is 26.7 Å². The highest BCUT2D eigenvalue weighted by Crippen LogP contribution is 2.39. The molecule has 1 saturated heterocycles. The molecule has 13 heteroatoms. The minimum absolute atomic E-state index is 0.301. The van der Waals surface area contributed by atoms with Gasteiger partial charge in [0.2, 0.25) is 10.0 Å². The average molecular weight is 583 g/mol. The molecule has 5 aromatic rings. The number of nitro groups is 1. The number of nitrogens with zero attached hydrogens (tertiary/aromatic N) is 8. The second kappa shape index (κ2) is 10.4. The van der Waals surface area contributed by atoms with Crippen molar-refractivity contribution >= 4 is 27.2 Å². The van der Waals surface area contributed by atoms with E-state index in [1.54, 1.807) is 9.08 Å². The first-order valence-electron chi connectivity index (χ1n) is 13.2. The number of hydrogen-bond acceptors (Lipinski definition) is 8. The molecule has 0 aliphatic carbocycles. The summed E-state index contributed by atoms with van der Waals surface area (Å²) in [6, 6.07) is 20.6. The maximum atomic E-state index is 13.6. The fourth-order valence-corrected chi connectivity index (χ4v) is 7.07. The molecule has 6 rings (SSSR count). The van der Waals surface area contributed by atoms with Gasteiger partial charge in [0.15, 0.2) is 10.5 Å². The number of nitriles is 1. The number of aromatic nitrogens is 4. The van der Waals surface area contributed by atoms with Gasteiger partial charge < -0.3 is 4.90 Å². The van der Waals surface area contributed by atoms with Gasteiger partial charge in [0.1, 0.15) is 17.5 Å². The Balaban J connectivity index is 1.47. The van der Waals surface area contributed by atoms with Gasteiger partial charge in [-0.2, -0.15) is 19.1 Å². The standard InChI is InChI=1S/C29H26N8O4S/c1-20-23(18-30)27-31-29(34-15-8-9-16-34)32-36(27)28(26(20)21-10-4-3-5-11-21)35-17-14-22(19-35)33(2)42(40,41)25-13-7-6-12-24(25)37(38)39/h3-13,15-16,22H,14,17,19H2,1-2H3/t22-/m0/s1. The molecule has 0 saturated carbocycles. The summed E-state index contributed by atoms with van der Waals surface area (Å²) in [6.45, 7) is 2.67. The molecule has 0 N–H and O–H groups in total. The van der Waals surface area contributed by atoms with Crippen molar-refractivity contribution < 1.29 is 13.3 Å². The van der Waals surface area contributed by atoms with Gasteiger partial charge in [-0.3, -0.25) is 14.7 Å². The van der Waals surface area contributed by atoms with Crippen molar-refractivity contribution in [3.8, 4) is 23.1 Å². The van der Waals surface area contributed by atoms with Gasteiger partial charge in [-0.15, -0.1) is 5.10 Å². The van der Waals surface area contributed by atoms with Gasteiger partial charge in [0, 0.05) is 50.2 Å². The maximum absolute atomic E-state index is 13.6. The average Bonchev–Trinajstić information content (AvgIpc) is 3.78. The van der Waals surface area contributed by atoms with E-state index in [0.717, 1.165) is 16.7 Å². The molecule has 3 aromatic heterocycles. The van der Waals surface area contributed by atoms with Gasteiger partial charge >= 0.3 is 0 Å². The minimum atomic E-state index is -4.17. The monoisotopic (exact) mass is 582 g/mol. The lowest BCUT2D eigenvalue weighted by Gasteiger charge is -2.27. The zero-order valence-corrected chi connectivity index (χ0v) is 23.6. The first-order valence-corrected chi connectivity index (χ1v) is 14.6. The van der Waals surface area contributed by atoms with Gasteiger partial charge in [-0.1, -0.05) is 42.5 Å². The van der Waals surface area contributed by atoms with Crippen LogP contribution in [0.15, 0.2) is 84.0 Å². The Morgan fingerprint density at radius 2 is 1.76 bits per heavy atom. The maximum Gasteiger partial charge on any atom is 0.289 e. The van der Waals surface area contributed by atoms with Gasteiger partial charge in [-0.05, 0) is 42.7 Å². The van der Waals surface area contributed by atoms with Crippen LogP contribution in [0.3, 0.4) is 0 Å². The second-order valence-electron chi connectivity index (χ2n) is 10.0. The Morgan fingerprint density at radius 1 is 1.07 bits per heavy atom. The highest BCUT2D eigenvalue weighted by molar-refractivity contribution is 7.89. The van der Waals surface area contributed by atoms with E-state index in [-0.39, 0.29) is 4.90 Å². The lowest BCUT2D eigenvalue weighted by atomic mass is 9.97. The number of para-hydroxylation sites is 1. The number of benzene rings is 2. The van der Waals surface area contributed by atoms with Crippen LogP contribution in [0.25, 0.3) is 22.7 Å². The van der Waals surface area contributed by atoms with Crippen molar-refractivity contribution in [2.24, 2.45) is 0 Å². The molecule has 0 spiro atoms. The summed E-state index contributed by atoms with van der Waals surface area (Å²) < 4.78 is 31.8. The summed E-state index contributed by atoms with van der Waals surface area (Å²) >= 11 is 0. The number of anilines is 1. The van der Waals surface area contributed by atoms with Crippen LogP contribution < -0.4 is 4.90 Å². The molecular weight excluding hydrogens is 556 g/mol. The molecule has 0 radical (unpaired) electrons. The van der Waals surface area contributed by atoms with Crippen molar-refractivity contribution in [3.63, 3.8) is 0 Å². The third-order valence-electron chi connectivity index (χ3n) is 7.70. The smallest absolute Gasteiger partial charge is 0.289 e. The zero-order valence-electron chi connectivity index (χ0n) is 22.8. The first kappa shape index (κ1) is 27.1. The topological polar surface area (TPSA) is 143 Å². The van der Waals surface area contributed by atoms with Gasteiger partial charge in [0.25, 0.3) is 11.6 Å². The van der Waals surface area contributed by atoms with Gasteiger partial charge in [-0.25, -0.2) is 8.42 Å². The Labute approximate surface area is 241 Å². The number of pyridine rings is 1. The Morgan fingerprint density at radius 3 is 2.45 bits per heavy atom. The second-order valence-corrected chi connectivity index (χ2v) is 12.0. The molecule has 42 heavy (non-hydrogen) atoms. The quantitative estimate of drug-likeness (QED) is 0.206. The zero-order chi connectivity index (χ0) is 29.6. The summed E-state index contributed by atoms with van der Waals surface area (Å²) in [6.07, 6.45) is 4.12. The van der Waals surface area contributed by atoms with Crippen LogP contribution in [-0.2, 0) is 10.0 Å². The fraction of sp³-hybridized carbons (Fsp3) is 0.207. The fourth-order valence-electron chi connectivity index (χ4n) is 5.54. The summed E-state index contributed by atoms with van der Waals surface area (Å²) in [5.74, 6) is 1.09. The third kappa shape index (κ3) is 4.37. The SMILES string of the molecule is Cc1c(-c2ccccc2)c(N2CC[C@H](N(C)S(=O)(=O)c3ccccc3[N+](=O)[O-])C2)n2nc(-n3cccc3)nc2c1C#N. The van der Waals surface area contributed by atoms with Crippen LogP contribution in [0.1, 0.15) is 17.5 Å². The molecule has 1 aliphatic heterocycles. The predicted molar refractivity (Wildman–Crippen MR) is 156 cm³/mol. The molecule has 0 unspecified atom stereocenters. The molecule has 0 amide bonds. The van der Waals surface area contributed by atoms with Crippen molar-refractivity contribution in [2.75, 3.05) is 25.0 Å². The van der Waals surface area contributed by atoms with Crippen LogP contribution >= 0.6 is 0 Å². The molecule has 1 aliphatic rings. The number of nitro benzene ring substituents is 1. The van der Waals surface area contributed by atoms with E-state index >= 15 is 0 Å². The number of rotatable bonds is 7. The molecule has 212 valence electrons. The highest BCUT2D eigenvalue weighted by Gasteiger charge is 2.38. The third-order valence-corrected chi connectivity index (χ3v) is 9.66. The van der Waals surface area contributed by atoms with Crippen LogP contribution in [-0.4, -0.2) is 63.0 Å². The lowest BCUT2D eigenvalue weighted by Crippen LogP contribution is -2.39. The van der Waals surface area contributed by atoms with E-state index in [1.165, 1.54) is 35.6 Å². The number of likely N-dealkylation sites (N-methyl/N-ethyl adjacent to an activating group) is 1. The van der Waals surface area contributed by atoms with Crippen molar-refractivity contribution in [1.29, 1.82) is 5.26 Å². The lowest BCUT2D eigenvalue weighted by molar-refractivity contribution is -0.387. The molecule has 12 nitrogen and oxygen atoms in total. The number of hydrogen-bond donors (Lipinski definition) is 0. The minimum Gasteiger partial charge on any atom is -0.354 e. The van der Waals surface area contributed by atoms with Crippen LogP contribution in [0.5, 0.6) is 0 Å². The number of fused-ring (bicyclic) bond motifs is 1. The largest absolute Gasteiger partial charge is 0.354 e. The predicted octanol–water partition coefficient (Wildman–Crippen LogP) is 4.17. The summed E-state index contributed by atoms with van der Waals surface area (Å²) in [7, 11) is -2.71. The van der Waals surface area contributed by atoms with Crippen LogP contribution in [0, 0.1) is 28.4 Å². The number of sulfonamides is 1. The molecule has 4 heterocycles. The van der Waals surface area contributed by atoms with Crippen molar-refractivity contribution in [1.82, 2.24) is 23.5 Å². The summed E-state index contributed by atoms with van der Waals surface area (Å²) in [5, 5.41) is 26.6. The molecule has 1 atom stereocenters. The highest BCUT2D eigenvalue weighted by atomic mass is 32.2. The molecular formula is C29H26N8O4S. The van der Waals surface area contributed by atoms with Crippen molar-refractivity contribution in [3.05, 3.63) is 100 Å². The van der Waals surface area contributed by atoms with Gasteiger partial charge in [0.05, 0.1) is 4.92 Å². The summed E-state index contributed by atoms with van der Waals surface area (Å²) in [4.78, 5) is 17.3. The van der Waals surface area contributed by atoms with E-state index in [1.807, 2.05) is 66.7 Å². The van der Waals surface area contributed by atoms with E-state index in [2.05, 4.69) is 6.07 Å². The van der Waals surface area contributed by atoms with Crippen LogP contribution in [0.2, 0.25) is 0 Å². The molecule has 2 aromatic carbocycles. The summed E-state index contributed by atoms with van der Waals surface area (Å²) in [5.41, 5.74) is 2.75.